The molecule has 1 heterocycles. The molecule has 7 heteroatoms. The van der Waals surface area contributed by atoms with E-state index in [1.165, 1.54) is 0 Å². The van der Waals surface area contributed by atoms with Crippen LogP contribution in [0.15, 0.2) is 34.7 Å². The second-order valence-electron chi connectivity index (χ2n) is 6.03. The minimum atomic E-state index is -0.308. The third kappa shape index (κ3) is 5.66. The van der Waals surface area contributed by atoms with Crippen molar-refractivity contribution in [3.8, 4) is 11.5 Å². The summed E-state index contributed by atoms with van der Waals surface area (Å²) in [6, 6.07) is 8.97. The fourth-order valence-corrected chi connectivity index (χ4v) is 2.32. The average Bonchev–Trinajstić information content (AvgIpc) is 3.03. The second-order valence-corrected chi connectivity index (χ2v) is 6.03. The zero-order chi connectivity index (χ0) is 17.4. The number of aromatic nitrogens is 2. The lowest BCUT2D eigenvalue weighted by Crippen LogP contribution is -2.44. The van der Waals surface area contributed by atoms with Gasteiger partial charge < -0.3 is 20.2 Å². The first-order chi connectivity index (χ1) is 11.6. The van der Waals surface area contributed by atoms with Gasteiger partial charge in [-0.2, -0.15) is 0 Å². The first-order valence-corrected chi connectivity index (χ1v) is 8.11. The topological polar surface area (TPSA) is 100 Å². The molecule has 1 aromatic heterocycles. The maximum Gasteiger partial charge on any atom is 0.315 e. The summed E-state index contributed by atoms with van der Waals surface area (Å²) in [5.41, 5.74) is 0.862. The van der Waals surface area contributed by atoms with Crippen LogP contribution < -0.4 is 10.6 Å². The standard InChI is InChI=1S/C17H24N4O3/c1-12(2)10-14(11-22)19-17(23)18-9-8-15-20-21-16(24-15)13-6-4-3-5-7-13/h3-7,12,14,22H,8-11H2,1-2H3,(H2,18,19,23). The van der Waals surface area contributed by atoms with Crippen LogP contribution in [-0.2, 0) is 6.42 Å². The van der Waals surface area contributed by atoms with Crippen molar-refractivity contribution in [3.05, 3.63) is 36.2 Å². The molecule has 0 spiro atoms. The molecule has 0 saturated heterocycles. The number of hydrogen-bond donors (Lipinski definition) is 3. The van der Waals surface area contributed by atoms with Crippen LogP contribution in [0.25, 0.3) is 11.5 Å². The van der Waals surface area contributed by atoms with Crippen LogP contribution in [0.3, 0.4) is 0 Å². The largest absolute Gasteiger partial charge is 0.421 e. The van der Waals surface area contributed by atoms with Gasteiger partial charge >= 0.3 is 6.03 Å². The van der Waals surface area contributed by atoms with Crippen LogP contribution in [0.4, 0.5) is 4.79 Å². The molecular weight excluding hydrogens is 308 g/mol. The number of benzene rings is 1. The van der Waals surface area contributed by atoms with Gasteiger partial charge in [-0.05, 0) is 24.5 Å². The molecule has 0 bridgehead atoms. The summed E-state index contributed by atoms with van der Waals surface area (Å²) in [4.78, 5) is 11.8. The molecule has 0 saturated carbocycles. The summed E-state index contributed by atoms with van der Waals surface area (Å²) in [6.07, 6.45) is 1.18. The molecule has 7 nitrogen and oxygen atoms in total. The Labute approximate surface area is 141 Å². The number of carbonyl (C=O) groups excluding carboxylic acids is 1. The number of hydrogen-bond acceptors (Lipinski definition) is 5. The predicted molar refractivity (Wildman–Crippen MR) is 90.3 cm³/mol. The van der Waals surface area contributed by atoms with Crippen molar-refractivity contribution >= 4 is 6.03 Å². The highest BCUT2D eigenvalue weighted by atomic mass is 16.4. The SMILES string of the molecule is CC(C)CC(CO)NC(=O)NCCc1nnc(-c2ccccc2)o1. The van der Waals surface area contributed by atoms with Gasteiger partial charge in [0.25, 0.3) is 0 Å². The molecule has 1 aromatic carbocycles. The van der Waals surface area contributed by atoms with E-state index in [0.29, 0.717) is 30.7 Å². The molecule has 1 atom stereocenters. The summed E-state index contributed by atoms with van der Waals surface area (Å²) in [6.45, 7) is 4.39. The van der Waals surface area contributed by atoms with Crippen LogP contribution in [0.1, 0.15) is 26.2 Å². The molecule has 130 valence electrons. The van der Waals surface area contributed by atoms with Gasteiger partial charge in [0.1, 0.15) is 0 Å². The van der Waals surface area contributed by atoms with Gasteiger partial charge in [-0.25, -0.2) is 4.79 Å². The molecule has 0 fully saturated rings. The normalized spacial score (nSPS) is 12.2. The predicted octanol–water partition coefficient (Wildman–Crippen LogP) is 1.99. The van der Waals surface area contributed by atoms with Gasteiger partial charge in [-0.1, -0.05) is 32.0 Å². The summed E-state index contributed by atoms with van der Waals surface area (Å²) in [5, 5.41) is 22.7. The first kappa shape index (κ1) is 17.9. The number of nitrogens with zero attached hydrogens (tertiary/aromatic N) is 2. The molecule has 0 aliphatic heterocycles. The van der Waals surface area contributed by atoms with Crippen LogP contribution in [0.2, 0.25) is 0 Å². The zero-order valence-electron chi connectivity index (χ0n) is 14.0. The van der Waals surface area contributed by atoms with Crippen molar-refractivity contribution in [2.24, 2.45) is 5.92 Å². The fourth-order valence-electron chi connectivity index (χ4n) is 2.32. The summed E-state index contributed by atoms with van der Waals surface area (Å²) >= 11 is 0. The number of nitrogens with one attached hydrogen (secondary N) is 2. The van der Waals surface area contributed by atoms with Crippen molar-refractivity contribution in [1.82, 2.24) is 20.8 Å². The van der Waals surface area contributed by atoms with Crippen molar-refractivity contribution < 1.29 is 14.3 Å². The van der Waals surface area contributed by atoms with Gasteiger partial charge in [0.2, 0.25) is 11.8 Å². The van der Waals surface area contributed by atoms with Gasteiger partial charge in [-0.15, -0.1) is 10.2 Å². The molecule has 2 aromatic rings. The highest BCUT2D eigenvalue weighted by molar-refractivity contribution is 5.74. The van der Waals surface area contributed by atoms with E-state index >= 15 is 0 Å². The van der Waals surface area contributed by atoms with Crippen LogP contribution in [0, 0.1) is 5.92 Å². The molecule has 0 radical (unpaired) electrons. The number of aliphatic hydroxyl groups excluding tert-OH is 1. The van der Waals surface area contributed by atoms with E-state index in [2.05, 4.69) is 20.8 Å². The van der Waals surface area contributed by atoms with Gasteiger partial charge in [0.15, 0.2) is 0 Å². The summed E-state index contributed by atoms with van der Waals surface area (Å²) in [5.74, 6) is 1.33. The number of urea groups is 1. The summed E-state index contributed by atoms with van der Waals surface area (Å²) in [7, 11) is 0. The van der Waals surface area contributed by atoms with Crippen LogP contribution in [-0.4, -0.2) is 40.5 Å². The van der Waals surface area contributed by atoms with Gasteiger partial charge in [0.05, 0.1) is 12.6 Å². The third-order valence-corrected chi connectivity index (χ3v) is 3.42. The van der Waals surface area contributed by atoms with E-state index in [4.69, 9.17) is 4.42 Å². The summed E-state index contributed by atoms with van der Waals surface area (Å²) < 4.78 is 5.57. The van der Waals surface area contributed by atoms with Gasteiger partial charge in [-0.3, -0.25) is 0 Å². The molecule has 3 N–H and O–H groups in total. The van der Waals surface area contributed by atoms with E-state index in [0.717, 1.165) is 12.0 Å². The quantitative estimate of drug-likeness (QED) is 0.686. The monoisotopic (exact) mass is 332 g/mol. The molecule has 0 aliphatic rings. The van der Waals surface area contributed by atoms with E-state index in [1.807, 2.05) is 44.2 Å². The first-order valence-electron chi connectivity index (χ1n) is 8.11. The van der Waals surface area contributed by atoms with Crippen molar-refractivity contribution in [2.45, 2.75) is 32.7 Å². The Morgan fingerprint density at radius 2 is 2.00 bits per heavy atom. The number of amides is 2. The van der Waals surface area contributed by atoms with Gasteiger partial charge in [0, 0.05) is 18.5 Å². The lowest BCUT2D eigenvalue weighted by Gasteiger charge is -2.18. The Kier molecular flexibility index (Phi) is 6.74. The maximum absolute atomic E-state index is 11.8. The van der Waals surface area contributed by atoms with Crippen molar-refractivity contribution in [1.29, 1.82) is 0 Å². The molecule has 2 rings (SSSR count). The number of aliphatic hydroxyl groups is 1. The molecular formula is C17H24N4O3. The lowest BCUT2D eigenvalue weighted by molar-refractivity contribution is 0.207. The van der Waals surface area contributed by atoms with E-state index in [-0.39, 0.29) is 18.7 Å². The third-order valence-electron chi connectivity index (χ3n) is 3.42. The van der Waals surface area contributed by atoms with E-state index in [1.54, 1.807) is 0 Å². The molecule has 24 heavy (non-hydrogen) atoms. The van der Waals surface area contributed by atoms with E-state index < -0.39 is 0 Å². The Bertz CT molecular complexity index is 628. The Hall–Kier alpha value is -2.41. The van der Waals surface area contributed by atoms with Crippen molar-refractivity contribution in [2.75, 3.05) is 13.2 Å². The number of carbonyl (C=O) groups is 1. The number of rotatable bonds is 8. The lowest BCUT2D eigenvalue weighted by atomic mass is 10.0. The molecule has 2 amide bonds. The average molecular weight is 332 g/mol. The zero-order valence-corrected chi connectivity index (χ0v) is 14.0. The molecule has 0 aliphatic carbocycles. The minimum absolute atomic E-state index is 0.0737. The van der Waals surface area contributed by atoms with Crippen LogP contribution in [0.5, 0.6) is 0 Å². The second kappa shape index (κ2) is 9.02. The Morgan fingerprint density at radius 1 is 1.25 bits per heavy atom. The van der Waals surface area contributed by atoms with Crippen LogP contribution >= 0.6 is 0 Å². The molecule has 1 unspecified atom stereocenters. The van der Waals surface area contributed by atoms with Crippen molar-refractivity contribution in [3.63, 3.8) is 0 Å². The smallest absolute Gasteiger partial charge is 0.315 e. The Morgan fingerprint density at radius 3 is 2.67 bits per heavy atom. The highest BCUT2D eigenvalue weighted by Crippen LogP contribution is 2.16. The fraction of sp³-hybridized carbons (Fsp3) is 0.471. The Balaban J connectivity index is 1.76. The highest BCUT2D eigenvalue weighted by Gasteiger charge is 2.13. The van der Waals surface area contributed by atoms with E-state index in [9.17, 15) is 9.90 Å². The maximum atomic E-state index is 11.8. The minimum Gasteiger partial charge on any atom is -0.421 e.